The van der Waals surface area contributed by atoms with E-state index in [4.69, 9.17) is 39.8 Å². The standard InChI is InChI=1S/C21H22FN5O4.C20H16FNO5/c22-17-8-12(4-7-18(17)31-13-2-1-3-13)25-21(28)16-10-30-19-9-14(5-6-15(16)19)29-11-20(26-23)27-24;21-16-9-12(5-7-17(16)27-13-2-1-3-13)22-19(23)15-10-26-18-8-11(20(24)25)4-6-14(15)18/h4-10,13H,1-3,11,23-24H2,(H,25,28)(H,26,27);4-10,13H,1-3H2,(H,22,23)(H,24,25). The van der Waals surface area contributed by atoms with Gasteiger partial charge in [0, 0.05) is 40.3 Å². The van der Waals surface area contributed by atoms with Crippen LogP contribution < -0.4 is 42.0 Å². The van der Waals surface area contributed by atoms with Gasteiger partial charge in [-0.15, -0.1) is 0 Å². The highest BCUT2D eigenvalue weighted by Crippen LogP contribution is 2.32. The number of nitrogens with zero attached hydrogens (tertiary/aromatic N) is 1. The maximum atomic E-state index is 14.3. The minimum Gasteiger partial charge on any atom is -0.487 e. The number of carboxylic acids is 1. The van der Waals surface area contributed by atoms with E-state index in [1.165, 1.54) is 55.0 Å². The fourth-order valence-electron chi connectivity index (χ4n) is 5.96. The largest absolute Gasteiger partial charge is 0.487 e. The van der Waals surface area contributed by atoms with Crippen molar-refractivity contribution in [2.75, 3.05) is 17.2 Å². The molecule has 2 aromatic heterocycles. The van der Waals surface area contributed by atoms with Crippen molar-refractivity contribution in [3.8, 4) is 17.2 Å². The third-order valence-electron chi connectivity index (χ3n) is 9.63. The molecule has 2 fully saturated rings. The fourth-order valence-corrected chi connectivity index (χ4v) is 5.96. The number of hydrazine groups is 1. The summed E-state index contributed by atoms with van der Waals surface area (Å²) in [5.74, 6) is 8.47. The van der Waals surface area contributed by atoms with Crippen molar-refractivity contribution in [1.29, 1.82) is 0 Å². The number of carbonyl (C=O) groups is 3. The second-order valence-electron chi connectivity index (χ2n) is 13.5. The summed E-state index contributed by atoms with van der Waals surface area (Å²) in [6, 6.07) is 17.9. The van der Waals surface area contributed by atoms with Crippen molar-refractivity contribution in [1.82, 2.24) is 5.43 Å². The number of anilines is 2. The van der Waals surface area contributed by atoms with Crippen LogP contribution in [0.1, 0.15) is 69.6 Å². The quantitative estimate of drug-likeness (QED) is 0.0310. The van der Waals surface area contributed by atoms with Crippen LogP contribution in [0.4, 0.5) is 20.2 Å². The SMILES string of the molecule is N/N=C(/COc1ccc2c(C(=O)Nc3ccc(OC4CCC4)c(F)c3)coc2c1)NN.O=C(O)c1ccc2c(C(=O)Nc3ccc(OC4CCC4)c(F)c3)coc2c1. The van der Waals surface area contributed by atoms with Crippen LogP contribution in [-0.4, -0.2) is 47.5 Å². The minimum absolute atomic E-state index is 0.0403. The van der Waals surface area contributed by atoms with Crippen LogP contribution in [0.2, 0.25) is 0 Å². The third-order valence-corrected chi connectivity index (χ3v) is 9.63. The Balaban J connectivity index is 0.000000178. The molecular formula is C41H38F2N6O9. The van der Waals surface area contributed by atoms with Crippen molar-refractivity contribution in [2.24, 2.45) is 16.8 Å². The molecule has 0 atom stereocenters. The van der Waals surface area contributed by atoms with Gasteiger partial charge in [0.25, 0.3) is 11.8 Å². The number of amidine groups is 1. The van der Waals surface area contributed by atoms with Crippen molar-refractivity contribution in [3.63, 3.8) is 0 Å². The number of ether oxygens (including phenoxy) is 3. The predicted molar refractivity (Wildman–Crippen MR) is 209 cm³/mol. The molecule has 58 heavy (non-hydrogen) atoms. The fraction of sp³-hybridized carbons (Fsp3) is 0.220. The normalized spacial score (nSPS) is 14.1. The van der Waals surface area contributed by atoms with Crippen LogP contribution in [0.15, 0.2) is 99.3 Å². The lowest BCUT2D eigenvalue weighted by Crippen LogP contribution is -2.35. The molecule has 2 saturated carbocycles. The zero-order valence-electron chi connectivity index (χ0n) is 30.8. The van der Waals surface area contributed by atoms with Gasteiger partial charge in [0.2, 0.25) is 0 Å². The Bertz CT molecular complexity index is 2510. The van der Waals surface area contributed by atoms with Gasteiger partial charge in [0.05, 0.1) is 28.9 Å². The van der Waals surface area contributed by atoms with E-state index < -0.39 is 29.4 Å². The molecule has 300 valence electrons. The number of hydrogen-bond donors (Lipinski definition) is 6. The molecule has 17 heteroatoms. The number of nitrogens with one attached hydrogen (secondary N) is 3. The number of hydrogen-bond acceptors (Lipinski definition) is 11. The van der Waals surface area contributed by atoms with Crippen LogP contribution in [0.3, 0.4) is 0 Å². The molecule has 4 aromatic carbocycles. The number of carbonyl (C=O) groups excluding carboxylic acids is 2. The number of amides is 2. The zero-order chi connectivity index (χ0) is 40.8. The molecule has 0 radical (unpaired) electrons. The first-order chi connectivity index (χ1) is 28.1. The van der Waals surface area contributed by atoms with Gasteiger partial charge in [-0.3, -0.25) is 9.59 Å². The Morgan fingerprint density at radius 1 is 0.741 bits per heavy atom. The molecule has 0 spiro atoms. The van der Waals surface area contributed by atoms with Gasteiger partial charge >= 0.3 is 5.97 Å². The Morgan fingerprint density at radius 2 is 1.26 bits per heavy atom. The van der Waals surface area contributed by atoms with Crippen molar-refractivity contribution < 1.29 is 51.3 Å². The summed E-state index contributed by atoms with van der Waals surface area (Å²) < 4.78 is 55.9. The minimum atomic E-state index is -1.08. The Labute approximate surface area is 328 Å². The van der Waals surface area contributed by atoms with Gasteiger partial charge in [0.15, 0.2) is 29.0 Å². The number of halogens is 2. The lowest BCUT2D eigenvalue weighted by molar-refractivity contribution is 0.0696. The van der Waals surface area contributed by atoms with Crippen LogP contribution in [0.25, 0.3) is 21.9 Å². The first kappa shape index (κ1) is 39.1. The van der Waals surface area contributed by atoms with Crippen molar-refractivity contribution in [2.45, 2.75) is 50.7 Å². The summed E-state index contributed by atoms with van der Waals surface area (Å²) >= 11 is 0. The monoisotopic (exact) mass is 796 g/mol. The molecule has 0 aliphatic heterocycles. The molecule has 0 unspecified atom stereocenters. The van der Waals surface area contributed by atoms with E-state index in [2.05, 4.69) is 21.2 Å². The van der Waals surface area contributed by atoms with E-state index in [1.54, 1.807) is 30.3 Å². The van der Waals surface area contributed by atoms with E-state index in [0.29, 0.717) is 33.4 Å². The number of aromatic carboxylic acids is 1. The third kappa shape index (κ3) is 8.94. The predicted octanol–water partition coefficient (Wildman–Crippen LogP) is 7.32. The van der Waals surface area contributed by atoms with Crippen LogP contribution >= 0.6 is 0 Å². The molecule has 0 saturated heterocycles. The smallest absolute Gasteiger partial charge is 0.335 e. The summed E-state index contributed by atoms with van der Waals surface area (Å²) in [5, 5.41) is 18.8. The van der Waals surface area contributed by atoms with Crippen LogP contribution in [0, 0.1) is 11.6 Å². The average Bonchev–Trinajstić information content (AvgIpc) is 3.81. The van der Waals surface area contributed by atoms with E-state index in [0.717, 1.165) is 38.5 Å². The highest BCUT2D eigenvalue weighted by molar-refractivity contribution is 6.13. The summed E-state index contributed by atoms with van der Waals surface area (Å²) in [6.45, 7) is 0.0403. The van der Waals surface area contributed by atoms with Gasteiger partial charge in [-0.25, -0.2) is 19.4 Å². The topological polar surface area (TPSA) is 226 Å². The van der Waals surface area contributed by atoms with Gasteiger partial charge in [0.1, 0.15) is 36.0 Å². The summed E-state index contributed by atoms with van der Waals surface area (Å²) in [6.07, 6.45) is 8.62. The van der Waals surface area contributed by atoms with E-state index in [-0.39, 0.29) is 58.5 Å². The molecule has 6 aromatic rings. The second-order valence-corrected chi connectivity index (χ2v) is 13.5. The molecule has 2 aliphatic carbocycles. The Morgan fingerprint density at radius 3 is 1.71 bits per heavy atom. The van der Waals surface area contributed by atoms with Gasteiger partial charge in [-0.05, 0) is 93.1 Å². The Kier molecular flexibility index (Phi) is 11.7. The molecular weight excluding hydrogens is 758 g/mol. The lowest BCUT2D eigenvalue weighted by Gasteiger charge is -2.26. The van der Waals surface area contributed by atoms with Crippen LogP contribution in [0.5, 0.6) is 17.2 Å². The summed E-state index contributed by atoms with van der Waals surface area (Å²) in [7, 11) is 0. The average molecular weight is 797 g/mol. The van der Waals surface area contributed by atoms with E-state index in [1.807, 2.05) is 0 Å². The molecule has 15 nitrogen and oxygen atoms in total. The van der Waals surface area contributed by atoms with Crippen molar-refractivity contribution >= 4 is 56.9 Å². The first-order valence-electron chi connectivity index (χ1n) is 18.3. The number of benzene rings is 4. The van der Waals surface area contributed by atoms with Gasteiger partial charge < -0.3 is 50.1 Å². The maximum Gasteiger partial charge on any atom is 0.335 e. The number of furan rings is 2. The van der Waals surface area contributed by atoms with E-state index >= 15 is 0 Å². The summed E-state index contributed by atoms with van der Waals surface area (Å²) in [4.78, 5) is 36.2. The molecule has 0 bridgehead atoms. The molecule has 2 aliphatic rings. The molecule has 8 rings (SSSR count). The maximum absolute atomic E-state index is 14.3. The number of carboxylic acid groups (broad SMARTS) is 1. The number of fused-ring (bicyclic) bond motifs is 2. The molecule has 2 heterocycles. The highest BCUT2D eigenvalue weighted by atomic mass is 19.1. The number of rotatable bonds is 12. The molecule has 8 N–H and O–H groups in total. The lowest BCUT2D eigenvalue weighted by atomic mass is 9.96. The zero-order valence-corrected chi connectivity index (χ0v) is 30.8. The van der Waals surface area contributed by atoms with E-state index in [9.17, 15) is 23.2 Å². The second kappa shape index (κ2) is 17.3. The number of hydrazone groups is 1. The molecule has 2 amide bonds. The first-order valence-corrected chi connectivity index (χ1v) is 18.3. The van der Waals surface area contributed by atoms with Crippen LogP contribution in [-0.2, 0) is 0 Å². The van der Waals surface area contributed by atoms with Gasteiger partial charge in [-0.2, -0.15) is 5.10 Å². The Hall–Kier alpha value is -7.14. The van der Waals surface area contributed by atoms with Gasteiger partial charge in [-0.1, -0.05) is 0 Å². The summed E-state index contributed by atoms with van der Waals surface area (Å²) in [5.41, 5.74) is 4.26. The highest BCUT2D eigenvalue weighted by Gasteiger charge is 2.23. The number of nitrogens with two attached hydrogens (primary N) is 2. The van der Waals surface area contributed by atoms with Crippen molar-refractivity contribution in [3.05, 3.63) is 114 Å².